The third kappa shape index (κ3) is 10.3. The molecule has 5 rings (SSSR count). The average molecular weight is 863 g/mol. The lowest BCUT2D eigenvalue weighted by atomic mass is 9.95. The smallest absolute Gasteiger partial charge is 0.217 e. The molecule has 0 aliphatic carbocycles. The Bertz CT molecular complexity index is 1390. The molecule has 5 saturated heterocycles. The largest absolute Gasteiger partial charge is 0.394 e. The maximum absolute atomic E-state index is 12.0. The Hall–Kier alpha value is -1.90. The Labute approximate surface area is 337 Å². The molecule has 25 nitrogen and oxygen atoms in total. The van der Waals surface area contributed by atoms with E-state index in [1.807, 2.05) is 0 Å². The Morgan fingerprint density at radius 3 is 1.17 bits per heavy atom. The SMILES string of the molecule is CC(=O)N[C@H]1[C@H](O[C@@H]2[C@@H](O)[C@H](C)O[C@@H](O[C@@H]3[C@@H](O)[C@H](C)O[C@@H](O[C@@H]4[C@H](O[C@@H]5O[C@H](CO)[C@@H](O)[C@H](O)[C@H]5NC(C)=O)[C@@H](O)[C@H](C)O[C@H]4O)[C@@H]3O)[C@@H]2O)O[C@H](CO)[C@@H](O)[C@@H]1O. The molecule has 25 heteroatoms. The van der Waals surface area contributed by atoms with Crippen molar-refractivity contribution in [3.8, 4) is 0 Å². The second-order valence-corrected chi connectivity index (χ2v) is 15.4. The summed E-state index contributed by atoms with van der Waals surface area (Å²) in [4.78, 5) is 23.9. The average Bonchev–Trinajstić information content (AvgIpc) is 3.17. The topological polar surface area (TPSA) is 384 Å². The molecule has 5 aliphatic rings. The fourth-order valence-corrected chi connectivity index (χ4v) is 7.64. The number of rotatable bonds is 12. The van der Waals surface area contributed by atoms with Gasteiger partial charge in [0.25, 0.3) is 0 Å². The Morgan fingerprint density at radius 2 is 0.780 bits per heavy atom. The van der Waals surface area contributed by atoms with Gasteiger partial charge in [-0.3, -0.25) is 9.59 Å². The molecule has 0 saturated carbocycles. The molecule has 14 N–H and O–H groups in total. The molecule has 0 radical (unpaired) electrons. The number of aliphatic hydroxyl groups is 12. The first-order valence-electron chi connectivity index (χ1n) is 19.2. The number of aliphatic hydroxyl groups excluding tert-OH is 12. The van der Waals surface area contributed by atoms with Crippen LogP contribution in [0.4, 0.5) is 0 Å². The van der Waals surface area contributed by atoms with Crippen LogP contribution in [0, 0.1) is 0 Å². The zero-order chi connectivity index (χ0) is 43.8. The first-order chi connectivity index (χ1) is 27.7. The van der Waals surface area contributed by atoms with E-state index in [0.29, 0.717) is 0 Å². The van der Waals surface area contributed by atoms with Gasteiger partial charge >= 0.3 is 0 Å². The van der Waals surface area contributed by atoms with Crippen molar-refractivity contribution in [1.29, 1.82) is 0 Å². The van der Waals surface area contributed by atoms with Gasteiger partial charge in [-0.15, -0.1) is 0 Å². The van der Waals surface area contributed by atoms with Crippen LogP contribution in [0.3, 0.4) is 0 Å². The van der Waals surface area contributed by atoms with Crippen molar-refractivity contribution in [2.75, 3.05) is 13.2 Å². The van der Waals surface area contributed by atoms with E-state index in [0.717, 1.165) is 13.8 Å². The van der Waals surface area contributed by atoms with E-state index in [-0.39, 0.29) is 0 Å². The molecular weight excluding hydrogens is 804 g/mol. The maximum Gasteiger partial charge on any atom is 0.217 e. The summed E-state index contributed by atoms with van der Waals surface area (Å²) in [5.74, 6) is -1.34. The Morgan fingerprint density at radius 1 is 0.441 bits per heavy atom. The van der Waals surface area contributed by atoms with Crippen LogP contribution in [0.15, 0.2) is 0 Å². The molecule has 5 fully saturated rings. The van der Waals surface area contributed by atoms with Crippen molar-refractivity contribution >= 4 is 11.8 Å². The van der Waals surface area contributed by atoms with Crippen LogP contribution in [0.1, 0.15) is 34.6 Å². The zero-order valence-electron chi connectivity index (χ0n) is 32.7. The van der Waals surface area contributed by atoms with Gasteiger partial charge in [0.05, 0.1) is 31.5 Å². The predicted molar refractivity (Wildman–Crippen MR) is 185 cm³/mol. The van der Waals surface area contributed by atoms with E-state index in [4.69, 9.17) is 42.6 Å². The highest BCUT2D eigenvalue weighted by molar-refractivity contribution is 5.73. The molecule has 0 aromatic heterocycles. The summed E-state index contributed by atoms with van der Waals surface area (Å²) < 4.78 is 51.7. The summed E-state index contributed by atoms with van der Waals surface area (Å²) in [5, 5.41) is 134. The fourth-order valence-electron chi connectivity index (χ4n) is 7.64. The van der Waals surface area contributed by atoms with Gasteiger partial charge in [0.15, 0.2) is 31.5 Å². The van der Waals surface area contributed by atoms with Gasteiger partial charge in [-0.25, -0.2) is 0 Å². The summed E-state index contributed by atoms with van der Waals surface area (Å²) in [6.45, 7) is 4.73. The van der Waals surface area contributed by atoms with Crippen LogP contribution in [0.25, 0.3) is 0 Å². The number of hydrogen-bond acceptors (Lipinski definition) is 23. The third-order valence-corrected chi connectivity index (χ3v) is 11.0. The minimum atomic E-state index is -2.00. The molecule has 0 spiro atoms. The standard InChI is InChI=1S/C34H58N2O23/c1-8-19(43)28(58-32-16(36-12(5)40)23(47)21(45)14(7-38)55-32)29(30(50)51-8)59-34-25(49)27(18(42)10(3)53-34)57-33-24(48)26(17(41)9(2)52-33)56-31-15(35-11(4)39)22(46)20(44)13(6-37)54-31/h8-10,13-34,37-38,41-50H,6-7H2,1-5H3,(H,35,39)(H,36,40)/t8-,9-,10-,13+,14+,15+,16+,17-,18-,19-,20+,21+,22+,23+,24+,25+,26+,27+,28+,29+,30+,31-,32-,33-,34-/m0/s1. The molecule has 0 aromatic carbocycles. The zero-order valence-corrected chi connectivity index (χ0v) is 32.7. The lowest BCUT2D eigenvalue weighted by molar-refractivity contribution is -0.393. The molecule has 59 heavy (non-hydrogen) atoms. The van der Waals surface area contributed by atoms with E-state index < -0.39 is 178 Å². The lowest BCUT2D eigenvalue weighted by Gasteiger charge is -2.50. The summed E-state index contributed by atoms with van der Waals surface area (Å²) in [6.07, 6.45) is -37.8. The van der Waals surface area contributed by atoms with Gasteiger partial charge in [0.2, 0.25) is 11.8 Å². The molecule has 5 heterocycles. The first kappa shape index (κ1) is 48.1. The molecule has 0 unspecified atom stereocenters. The van der Waals surface area contributed by atoms with Crippen LogP contribution in [0.5, 0.6) is 0 Å². The number of ether oxygens (including phenoxy) is 9. The lowest BCUT2D eigenvalue weighted by Crippen LogP contribution is -2.69. The van der Waals surface area contributed by atoms with Crippen molar-refractivity contribution in [1.82, 2.24) is 10.6 Å². The number of nitrogens with one attached hydrogen (secondary N) is 2. The highest BCUT2D eigenvalue weighted by Gasteiger charge is 2.56. The Kier molecular flexibility index (Phi) is 16.4. The second-order valence-electron chi connectivity index (χ2n) is 15.4. The van der Waals surface area contributed by atoms with Crippen LogP contribution in [-0.4, -0.2) is 240 Å². The molecule has 342 valence electrons. The summed E-state index contributed by atoms with van der Waals surface area (Å²) in [6, 6.07) is -2.93. The summed E-state index contributed by atoms with van der Waals surface area (Å²) in [5.41, 5.74) is 0. The highest BCUT2D eigenvalue weighted by atomic mass is 16.8. The second kappa shape index (κ2) is 20.1. The summed E-state index contributed by atoms with van der Waals surface area (Å²) >= 11 is 0. The molecular formula is C34H58N2O23. The van der Waals surface area contributed by atoms with Gasteiger partial charge in [0, 0.05) is 13.8 Å². The van der Waals surface area contributed by atoms with E-state index in [2.05, 4.69) is 10.6 Å². The van der Waals surface area contributed by atoms with Crippen molar-refractivity contribution < 1.29 is 113 Å². The minimum Gasteiger partial charge on any atom is -0.394 e. The van der Waals surface area contributed by atoms with Crippen molar-refractivity contribution in [2.45, 2.75) is 188 Å². The molecule has 0 bridgehead atoms. The first-order valence-corrected chi connectivity index (χ1v) is 19.2. The van der Waals surface area contributed by atoms with Crippen molar-refractivity contribution in [2.24, 2.45) is 0 Å². The highest BCUT2D eigenvalue weighted by Crippen LogP contribution is 2.36. The molecule has 5 aliphatic heterocycles. The third-order valence-electron chi connectivity index (χ3n) is 11.0. The van der Waals surface area contributed by atoms with Crippen molar-refractivity contribution in [3.05, 3.63) is 0 Å². The minimum absolute atomic E-state index is 0.670. The van der Waals surface area contributed by atoms with E-state index >= 15 is 0 Å². The number of amides is 2. The quantitative estimate of drug-likeness (QED) is 0.0866. The predicted octanol–water partition coefficient (Wildman–Crippen LogP) is -8.55. The fraction of sp³-hybridized carbons (Fsp3) is 0.941. The monoisotopic (exact) mass is 862 g/mol. The molecule has 0 aromatic rings. The van der Waals surface area contributed by atoms with E-state index in [1.165, 1.54) is 20.8 Å². The van der Waals surface area contributed by atoms with Crippen LogP contribution < -0.4 is 10.6 Å². The number of carbonyl (C=O) groups is 2. The molecule has 25 atom stereocenters. The van der Waals surface area contributed by atoms with E-state index in [9.17, 15) is 70.9 Å². The number of hydrogen-bond donors (Lipinski definition) is 14. The van der Waals surface area contributed by atoms with Gasteiger partial charge in [-0.2, -0.15) is 0 Å². The Balaban J connectivity index is 1.35. The van der Waals surface area contributed by atoms with Crippen LogP contribution >= 0.6 is 0 Å². The normalized spacial score (nSPS) is 50.8. The van der Waals surface area contributed by atoms with Crippen LogP contribution in [-0.2, 0) is 52.2 Å². The van der Waals surface area contributed by atoms with Gasteiger partial charge < -0.3 is 115 Å². The summed E-state index contributed by atoms with van der Waals surface area (Å²) in [7, 11) is 0. The van der Waals surface area contributed by atoms with Crippen molar-refractivity contribution in [3.63, 3.8) is 0 Å². The van der Waals surface area contributed by atoms with Crippen LogP contribution in [0.2, 0.25) is 0 Å². The van der Waals surface area contributed by atoms with Gasteiger partial charge in [-0.05, 0) is 20.8 Å². The molecule has 2 amide bonds. The number of carbonyl (C=O) groups excluding carboxylic acids is 2. The van der Waals surface area contributed by atoms with Gasteiger partial charge in [0.1, 0.15) is 104 Å². The van der Waals surface area contributed by atoms with Gasteiger partial charge in [-0.1, -0.05) is 0 Å². The van der Waals surface area contributed by atoms with E-state index in [1.54, 1.807) is 0 Å². The maximum atomic E-state index is 12.0.